The molecular weight excluding hydrogens is 228 g/mol. The largest absolute Gasteiger partial charge is 0.393 e. The van der Waals surface area contributed by atoms with E-state index in [0.29, 0.717) is 18.4 Å². The van der Waals surface area contributed by atoms with E-state index in [1.807, 2.05) is 0 Å². The van der Waals surface area contributed by atoms with Gasteiger partial charge in [0, 0.05) is 13.1 Å². The fourth-order valence-electron chi connectivity index (χ4n) is 2.35. The van der Waals surface area contributed by atoms with Gasteiger partial charge in [-0.2, -0.15) is 0 Å². The van der Waals surface area contributed by atoms with Crippen LogP contribution in [0.4, 0.5) is 4.79 Å². The summed E-state index contributed by atoms with van der Waals surface area (Å²) in [6.45, 7) is 9.43. The van der Waals surface area contributed by atoms with Gasteiger partial charge in [0.1, 0.15) is 0 Å². The Morgan fingerprint density at radius 3 is 2.44 bits per heavy atom. The van der Waals surface area contributed by atoms with Crippen LogP contribution in [-0.2, 0) is 0 Å². The van der Waals surface area contributed by atoms with Crippen LogP contribution < -0.4 is 10.6 Å². The van der Waals surface area contributed by atoms with E-state index < -0.39 is 0 Å². The highest BCUT2D eigenvalue weighted by Crippen LogP contribution is 2.47. The van der Waals surface area contributed by atoms with E-state index in [-0.39, 0.29) is 17.6 Å². The molecule has 2 amide bonds. The van der Waals surface area contributed by atoms with Gasteiger partial charge in [-0.25, -0.2) is 4.79 Å². The van der Waals surface area contributed by atoms with E-state index in [0.717, 1.165) is 13.0 Å². The molecule has 1 aliphatic carbocycles. The van der Waals surface area contributed by atoms with E-state index in [1.165, 1.54) is 12.8 Å². The number of urea groups is 1. The number of hydrogen-bond donors (Lipinski definition) is 3. The molecular formula is C14H28N2O2. The normalized spacial score (nSPS) is 19.2. The molecule has 1 saturated carbocycles. The second-order valence-electron chi connectivity index (χ2n) is 6.61. The first-order valence-corrected chi connectivity index (χ1v) is 6.98. The number of carbonyl (C=O) groups excluding carboxylic acids is 1. The first-order valence-electron chi connectivity index (χ1n) is 6.98. The fourth-order valence-corrected chi connectivity index (χ4v) is 2.35. The lowest BCUT2D eigenvalue weighted by atomic mass is 9.87. The van der Waals surface area contributed by atoms with E-state index in [2.05, 4.69) is 31.4 Å². The number of nitrogens with one attached hydrogen (secondary N) is 2. The van der Waals surface area contributed by atoms with Crippen molar-refractivity contribution in [3.63, 3.8) is 0 Å². The number of hydrogen-bond acceptors (Lipinski definition) is 2. The van der Waals surface area contributed by atoms with Gasteiger partial charge in [-0.1, -0.05) is 20.8 Å². The quantitative estimate of drug-likeness (QED) is 0.654. The molecule has 1 aliphatic rings. The van der Waals surface area contributed by atoms with Gasteiger partial charge in [0.25, 0.3) is 0 Å². The Bertz CT molecular complexity index is 284. The maximum atomic E-state index is 11.7. The molecule has 0 radical (unpaired) electrons. The maximum Gasteiger partial charge on any atom is 0.314 e. The molecule has 18 heavy (non-hydrogen) atoms. The predicted octanol–water partition coefficient (Wildman–Crippen LogP) is 2.27. The first-order chi connectivity index (χ1) is 8.29. The molecule has 4 nitrogen and oxygen atoms in total. The second-order valence-corrected chi connectivity index (χ2v) is 6.61. The Morgan fingerprint density at radius 2 is 2.00 bits per heavy atom. The topological polar surface area (TPSA) is 61.4 Å². The SMILES string of the molecule is CCC1(CNC(=O)NCC(C)(C)CC(C)O)CC1. The molecule has 1 fully saturated rings. The highest BCUT2D eigenvalue weighted by atomic mass is 16.3. The monoisotopic (exact) mass is 256 g/mol. The van der Waals surface area contributed by atoms with Gasteiger partial charge in [0.2, 0.25) is 0 Å². The van der Waals surface area contributed by atoms with Gasteiger partial charge in [0.05, 0.1) is 6.10 Å². The predicted molar refractivity (Wildman–Crippen MR) is 73.4 cm³/mol. The lowest BCUT2D eigenvalue weighted by Gasteiger charge is -2.26. The van der Waals surface area contributed by atoms with Gasteiger partial charge < -0.3 is 15.7 Å². The molecule has 1 unspecified atom stereocenters. The van der Waals surface area contributed by atoms with Crippen LogP contribution in [0, 0.1) is 10.8 Å². The summed E-state index contributed by atoms with van der Waals surface area (Å²) in [5.74, 6) is 0. The molecule has 0 heterocycles. The molecule has 1 atom stereocenters. The van der Waals surface area contributed by atoms with Crippen LogP contribution in [0.15, 0.2) is 0 Å². The molecule has 0 aromatic carbocycles. The number of aliphatic hydroxyl groups excluding tert-OH is 1. The zero-order valence-corrected chi connectivity index (χ0v) is 12.2. The number of rotatable bonds is 7. The molecule has 0 aromatic heterocycles. The first kappa shape index (κ1) is 15.3. The van der Waals surface area contributed by atoms with Crippen molar-refractivity contribution in [2.24, 2.45) is 10.8 Å². The van der Waals surface area contributed by atoms with Crippen molar-refractivity contribution in [1.29, 1.82) is 0 Å². The summed E-state index contributed by atoms with van der Waals surface area (Å²) in [7, 11) is 0. The van der Waals surface area contributed by atoms with Crippen LogP contribution in [0.1, 0.15) is 53.4 Å². The molecule has 3 N–H and O–H groups in total. The zero-order valence-electron chi connectivity index (χ0n) is 12.2. The maximum absolute atomic E-state index is 11.7. The van der Waals surface area contributed by atoms with Crippen LogP contribution in [-0.4, -0.2) is 30.3 Å². The second kappa shape index (κ2) is 5.91. The molecule has 0 bridgehead atoms. The van der Waals surface area contributed by atoms with Crippen LogP contribution in [0.2, 0.25) is 0 Å². The van der Waals surface area contributed by atoms with E-state index >= 15 is 0 Å². The van der Waals surface area contributed by atoms with Crippen molar-refractivity contribution in [1.82, 2.24) is 10.6 Å². The van der Waals surface area contributed by atoms with E-state index in [4.69, 9.17) is 0 Å². The average molecular weight is 256 g/mol. The van der Waals surface area contributed by atoms with Crippen molar-refractivity contribution in [2.45, 2.75) is 59.5 Å². The number of aliphatic hydroxyl groups is 1. The lowest BCUT2D eigenvalue weighted by molar-refractivity contribution is 0.128. The molecule has 0 aliphatic heterocycles. The van der Waals surface area contributed by atoms with Crippen molar-refractivity contribution >= 4 is 6.03 Å². The highest BCUT2D eigenvalue weighted by molar-refractivity contribution is 5.73. The summed E-state index contributed by atoms with van der Waals surface area (Å²) in [5.41, 5.74) is 0.306. The fraction of sp³-hybridized carbons (Fsp3) is 0.929. The van der Waals surface area contributed by atoms with Crippen molar-refractivity contribution in [3.8, 4) is 0 Å². The zero-order chi connectivity index (χ0) is 13.8. The Hall–Kier alpha value is -0.770. The van der Waals surface area contributed by atoms with Gasteiger partial charge in [-0.15, -0.1) is 0 Å². The third-order valence-corrected chi connectivity index (χ3v) is 3.91. The van der Waals surface area contributed by atoms with Gasteiger partial charge in [-0.3, -0.25) is 0 Å². The lowest BCUT2D eigenvalue weighted by Crippen LogP contribution is -2.43. The van der Waals surface area contributed by atoms with E-state index in [9.17, 15) is 9.90 Å². The third kappa shape index (κ3) is 5.25. The summed E-state index contributed by atoms with van der Waals surface area (Å²) in [4.78, 5) is 11.7. The Morgan fingerprint density at radius 1 is 1.39 bits per heavy atom. The van der Waals surface area contributed by atoms with Gasteiger partial charge in [0.15, 0.2) is 0 Å². The molecule has 1 rings (SSSR count). The van der Waals surface area contributed by atoms with Gasteiger partial charge >= 0.3 is 6.03 Å². The molecule has 0 aromatic rings. The Balaban J connectivity index is 2.20. The van der Waals surface area contributed by atoms with Crippen molar-refractivity contribution in [3.05, 3.63) is 0 Å². The summed E-state index contributed by atoms with van der Waals surface area (Å²) in [5, 5.41) is 15.2. The summed E-state index contributed by atoms with van der Waals surface area (Å²) in [6.07, 6.45) is 3.96. The Labute approximate surface area is 111 Å². The van der Waals surface area contributed by atoms with Crippen LogP contribution >= 0.6 is 0 Å². The molecule has 0 saturated heterocycles. The smallest absolute Gasteiger partial charge is 0.314 e. The van der Waals surface area contributed by atoms with Crippen LogP contribution in [0.3, 0.4) is 0 Å². The minimum atomic E-state index is -0.334. The third-order valence-electron chi connectivity index (χ3n) is 3.91. The number of amides is 2. The standard InChI is InChI=1S/C14H28N2O2/c1-5-14(6-7-14)10-16-12(18)15-9-13(3,4)8-11(2)17/h11,17H,5-10H2,1-4H3,(H2,15,16,18). The summed E-state index contributed by atoms with van der Waals surface area (Å²) in [6, 6.07) is -0.0895. The summed E-state index contributed by atoms with van der Waals surface area (Å²) < 4.78 is 0. The minimum Gasteiger partial charge on any atom is -0.393 e. The van der Waals surface area contributed by atoms with Crippen molar-refractivity contribution in [2.75, 3.05) is 13.1 Å². The average Bonchev–Trinajstić information content (AvgIpc) is 3.03. The number of carbonyl (C=O) groups is 1. The molecule has 106 valence electrons. The molecule has 4 heteroatoms. The molecule has 0 spiro atoms. The van der Waals surface area contributed by atoms with Crippen LogP contribution in [0.25, 0.3) is 0 Å². The highest BCUT2D eigenvalue weighted by Gasteiger charge is 2.40. The van der Waals surface area contributed by atoms with Crippen molar-refractivity contribution < 1.29 is 9.90 Å². The summed E-state index contributed by atoms with van der Waals surface area (Å²) >= 11 is 0. The van der Waals surface area contributed by atoms with Crippen LogP contribution in [0.5, 0.6) is 0 Å². The minimum absolute atomic E-state index is 0.0759. The van der Waals surface area contributed by atoms with E-state index in [1.54, 1.807) is 6.92 Å². The Kier molecular flexibility index (Phi) is 5.02. The van der Waals surface area contributed by atoms with Gasteiger partial charge in [-0.05, 0) is 43.4 Å².